The van der Waals surface area contributed by atoms with Crippen molar-refractivity contribution in [1.29, 1.82) is 0 Å². The van der Waals surface area contributed by atoms with E-state index in [1.165, 1.54) is 70.6 Å². The van der Waals surface area contributed by atoms with E-state index in [4.69, 9.17) is 9.47 Å². The van der Waals surface area contributed by atoms with Gasteiger partial charge in [0.2, 0.25) is 0 Å². The SMILES string of the molecule is CC/C=C\C/C=C\C/C=C\C/C=C\C/C=C\C/C=C\CCCCCCCCCCC(=O)OC(CO)COC(=O)CCCCCCCCCCC. The van der Waals surface area contributed by atoms with Crippen molar-refractivity contribution in [2.24, 2.45) is 0 Å². The van der Waals surface area contributed by atoms with Crippen molar-refractivity contribution in [1.82, 2.24) is 0 Å². The fraction of sp³-hybridized carbons (Fsp3) is 0.689. The highest BCUT2D eigenvalue weighted by Crippen LogP contribution is 2.13. The average molecular weight is 697 g/mol. The van der Waals surface area contributed by atoms with E-state index < -0.39 is 6.10 Å². The summed E-state index contributed by atoms with van der Waals surface area (Å²) in [5.74, 6) is -0.607. The number of esters is 2. The van der Waals surface area contributed by atoms with Gasteiger partial charge in [-0.2, -0.15) is 0 Å². The summed E-state index contributed by atoms with van der Waals surface area (Å²) in [6.07, 6.45) is 54.0. The molecule has 0 aromatic rings. The topological polar surface area (TPSA) is 72.8 Å². The molecule has 0 heterocycles. The quantitative estimate of drug-likeness (QED) is 0.0401. The molecule has 5 nitrogen and oxygen atoms in total. The van der Waals surface area contributed by atoms with Crippen LogP contribution in [0.3, 0.4) is 0 Å². The Morgan fingerprint density at radius 2 is 0.860 bits per heavy atom. The van der Waals surface area contributed by atoms with Crippen LogP contribution < -0.4 is 0 Å². The van der Waals surface area contributed by atoms with Gasteiger partial charge >= 0.3 is 11.9 Å². The Bertz CT molecular complexity index is 926. The molecule has 0 amide bonds. The van der Waals surface area contributed by atoms with Crippen molar-refractivity contribution in [3.05, 3.63) is 72.9 Å². The van der Waals surface area contributed by atoms with Gasteiger partial charge in [0, 0.05) is 12.8 Å². The Balaban J connectivity index is 3.58. The molecule has 0 aliphatic rings. The molecule has 0 fully saturated rings. The van der Waals surface area contributed by atoms with Gasteiger partial charge in [-0.05, 0) is 64.2 Å². The second-order valence-corrected chi connectivity index (χ2v) is 13.3. The predicted molar refractivity (Wildman–Crippen MR) is 214 cm³/mol. The van der Waals surface area contributed by atoms with Crippen molar-refractivity contribution in [3.63, 3.8) is 0 Å². The molecule has 0 spiro atoms. The zero-order chi connectivity index (χ0) is 36.4. The molecule has 1 unspecified atom stereocenters. The van der Waals surface area contributed by atoms with Gasteiger partial charge in [-0.3, -0.25) is 9.59 Å². The number of carbonyl (C=O) groups is 2. The normalized spacial score (nSPS) is 12.9. The summed E-state index contributed by atoms with van der Waals surface area (Å²) in [6, 6.07) is 0. The van der Waals surface area contributed by atoms with Gasteiger partial charge in [0.1, 0.15) is 6.61 Å². The predicted octanol–water partition coefficient (Wildman–Crippen LogP) is 13.0. The second-order valence-electron chi connectivity index (χ2n) is 13.3. The minimum Gasteiger partial charge on any atom is -0.462 e. The lowest BCUT2D eigenvalue weighted by molar-refractivity contribution is -0.161. The summed E-state index contributed by atoms with van der Waals surface area (Å²) in [6.45, 7) is 3.98. The van der Waals surface area contributed by atoms with Crippen LogP contribution in [0.1, 0.15) is 181 Å². The molecule has 0 aromatic heterocycles. The molecule has 0 aliphatic heterocycles. The van der Waals surface area contributed by atoms with Crippen LogP contribution in [0.4, 0.5) is 0 Å². The van der Waals surface area contributed by atoms with E-state index >= 15 is 0 Å². The van der Waals surface area contributed by atoms with E-state index in [0.717, 1.165) is 83.5 Å². The third kappa shape index (κ3) is 38.1. The highest BCUT2D eigenvalue weighted by molar-refractivity contribution is 5.70. The van der Waals surface area contributed by atoms with Crippen molar-refractivity contribution < 1.29 is 24.2 Å². The minimum absolute atomic E-state index is 0.0708. The number of aliphatic hydroxyl groups excluding tert-OH is 1. The molecule has 0 radical (unpaired) electrons. The van der Waals surface area contributed by atoms with Gasteiger partial charge < -0.3 is 14.6 Å². The molecule has 0 aliphatic carbocycles. The highest BCUT2D eigenvalue weighted by Gasteiger charge is 2.16. The third-order valence-corrected chi connectivity index (χ3v) is 8.51. The summed E-state index contributed by atoms with van der Waals surface area (Å²) in [4.78, 5) is 24.2. The molecule has 1 atom stereocenters. The Morgan fingerprint density at radius 3 is 1.30 bits per heavy atom. The van der Waals surface area contributed by atoms with E-state index in [1.54, 1.807) is 0 Å². The number of unbranched alkanes of at least 4 members (excludes halogenated alkanes) is 16. The Kier molecular flexibility index (Phi) is 38.6. The van der Waals surface area contributed by atoms with Gasteiger partial charge in [0.25, 0.3) is 0 Å². The fourth-order valence-electron chi connectivity index (χ4n) is 5.44. The lowest BCUT2D eigenvalue weighted by Gasteiger charge is -2.15. The molecule has 286 valence electrons. The molecule has 0 saturated heterocycles. The molecular formula is C45H76O5. The summed E-state index contributed by atoms with van der Waals surface area (Å²) >= 11 is 0. The van der Waals surface area contributed by atoms with Crippen LogP contribution in [-0.2, 0) is 19.1 Å². The Morgan fingerprint density at radius 1 is 0.480 bits per heavy atom. The molecule has 0 saturated carbocycles. The van der Waals surface area contributed by atoms with Crippen LogP contribution in [0, 0.1) is 0 Å². The zero-order valence-electron chi connectivity index (χ0n) is 32.4. The van der Waals surface area contributed by atoms with Crippen molar-refractivity contribution in [3.8, 4) is 0 Å². The maximum Gasteiger partial charge on any atom is 0.306 e. The van der Waals surface area contributed by atoms with Crippen LogP contribution in [-0.4, -0.2) is 36.4 Å². The maximum atomic E-state index is 12.2. The van der Waals surface area contributed by atoms with E-state index in [0.29, 0.717) is 12.8 Å². The summed E-state index contributed by atoms with van der Waals surface area (Å²) in [5.41, 5.74) is 0. The Hall–Kier alpha value is -2.66. The largest absolute Gasteiger partial charge is 0.462 e. The number of allylic oxidation sites excluding steroid dienone is 12. The van der Waals surface area contributed by atoms with Crippen LogP contribution >= 0.6 is 0 Å². The van der Waals surface area contributed by atoms with Crippen LogP contribution in [0.25, 0.3) is 0 Å². The molecule has 0 bridgehead atoms. The smallest absolute Gasteiger partial charge is 0.306 e. The zero-order valence-corrected chi connectivity index (χ0v) is 32.4. The molecule has 50 heavy (non-hydrogen) atoms. The number of aliphatic hydroxyl groups is 1. The number of hydrogen-bond acceptors (Lipinski definition) is 5. The molecule has 0 rings (SSSR count). The van der Waals surface area contributed by atoms with Gasteiger partial charge in [-0.1, -0.05) is 177 Å². The first-order chi connectivity index (χ1) is 24.6. The van der Waals surface area contributed by atoms with Crippen LogP contribution in [0.5, 0.6) is 0 Å². The molecule has 5 heteroatoms. The highest BCUT2D eigenvalue weighted by atomic mass is 16.6. The maximum absolute atomic E-state index is 12.2. The average Bonchev–Trinajstić information content (AvgIpc) is 3.12. The third-order valence-electron chi connectivity index (χ3n) is 8.51. The van der Waals surface area contributed by atoms with Gasteiger partial charge in [-0.15, -0.1) is 0 Å². The van der Waals surface area contributed by atoms with E-state index in [-0.39, 0.29) is 25.2 Å². The first-order valence-corrected chi connectivity index (χ1v) is 20.5. The number of hydrogen-bond donors (Lipinski definition) is 1. The number of carbonyl (C=O) groups excluding carboxylic acids is 2. The van der Waals surface area contributed by atoms with E-state index in [1.807, 2.05) is 0 Å². The monoisotopic (exact) mass is 697 g/mol. The lowest BCUT2D eigenvalue weighted by atomic mass is 10.1. The van der Waals surface area contributed by atoms with Gasteiger partial charge in [0.05, 0.1) is 6.61 Å². The number of rotatable bonds is 36. The number of ether oxygens (including phenoxy) is 2. The van der Waals surface area contributed by atoms with Crippen LogP contribution in [0.15, 0.2) is 72.9 Å². The standard InChI is InChI=1S/C45H76O5/c1-3-5-7-9-11-13-14-15-16-17-18-19-20-21-22-23-24-25-26-27-28-29-30-32-34-36-38-40-45(48)50-43(41-46)42-49-44(47)39-37-35-33-31-12-10-8-6-4-2/h5,7,11,13,15-16,18-19,21-22,24-25,43,46H,3-4,6,8-10,12,14,17,20,23,26-42H2,1-2H3/b7-5-,13-11-,16-15-,19-18-,22-21-,25-24-. The van der Waals surface area contributed by atoms with E-state index in [2.05, 4.69) is 86.8 Å². The van der Waals surface area contributed by atoms with E-state index in [9.17, 15) is 14.7 Å². The summed E-state index contributed by atoms with van der Waals surface area (Å²) < 4.78 is 10.6. The summed E-state index contributed by atoms with van der Waals surface area (Å²) in [5, 5.41) is 9.53. The van der Waals surface area contributed by atoms with Crippen LogP contribution in [0.2, 0.25) is 0 Å². The fourth-order valence-corrected chi connectivity index (χ4v) is 5.44. The molecule has 1 N–H and O–H groups in total. The molecule has 0 aromatic carbocycles. The van der Waals surface area contributed by atoms with Crippen molar-refractivity contribution >= 4 is 11.9 Å². The second kappa shape index (κ2) is 40.8. The van der Waals surface area contributed by atoms with Gasteiger partial charge in [0.15, 0.2) is 6.10 Å². The first-order valence-electron chi connectivity index (χ1n) is 20.5. The first kappa shape index (κ1) is 47.3. The van der Waals surface area contributed by atoms with Crippen molar-refractivity contribution in [2.75, 3.05) is 13.2 Å². The van der Waals surface area contributed by atoms with Crippen molar-refractivity contribution in [2.45, 2.75) is 187 Å². The molecular weight excluding hydrogens is 620 g/mol. The summed E-state index contributed by atoms with van der Waals surface area (Å²) in [7, 11) is 0. The minimum atomic E-state index is -0.775. The Labute approximate surface area is 308 Å². The van der Waals surface area contributed by atoms with Gasteiger partial charge in [-0.25, -0.2) is 0 Å². The lowest BCUT2D eigenvalue weighted by Crippen LogP contribution is -2.28.